The SMILES string of the molecule is COc1ccc(NC(=O)c2cn(C)c3ccccc23)cc1NS(=O)(=O)c1ccc(F)cc1. The van der Waals surface area contributed by atoms with Crippen LogP contribution in [0.25, 0.3) is 10.9 Å². The molecule has 0 fully saturated rings. The minimum absolute atomic E-state index is 0.105. The molecule has 0 saturated heterocycles. The van der Waals surface area contributed by atoms with E-state index in [-0.39, 0.29) is 22.2 Å². The monoisotopic (exact) mass is 453 g/mol. The normalized spacial score (nSPS) is 11.3. The highest BCUT2D eigenvalue weighted by atomic mass is 32.2. The Morgan fingerprint density at radius 1 is 1.03 bits per heavy atom. The van der Waals surface area contributed by atoms with E-state index in [4.69, 9.17) is 4.74 Å². The second-order valence-corrected chi connectivity index (χ2v) is 8.78. The van der Waals surface area contributed by atoms with Gasteiger partial charge in [-0.3, -0.25) is 9.52 Å². The highest BCUT2D eigenvalue weighted by Crippen LogP contribution is 2.31. The van der Waals surface area contributed by atoms with Gasteiger partial charge in [0.1, 0.15) is 11.6 Å². The zero-order valence-corrected chi connectivity index (χ0v) is 18.1. The van der Waals surface area contributed by atoms with Crippen molar-refractivity contribution in [3.63, 3.8) is 0 Å². The molecule has 1 amide bonds. The van der Waals surface area contributed by atoms with Crippen molar-refractivity contribution in [3.8, 4) is 5.75 Å². The Morgan fingerprint density at radius 2 is 1.75 bits per heavy atom. The number of fused-ring (bicyclic) bond motifs is 1. The Labute approximate surface area is 184 Å². The fourth-order valence-corrected chi connectivity index (χ4v) is 4.47. The molecular formula is C23H20FN3O4S. The zero-order valence-electron chi connectivity index (χ0n) is 17.3. The number of anilines is 2. The van der Waals surface area contributed by atoms with Crippen LogP contribution in [0, 0.1) is 5.82 Å². The second-order valence-electron chi connectivity index (χ2n) is 7.10. The van der Waals surface area contributed by atoms with E-state index in [1.54, 1.807) is 18.3 Å². The minimum atomic E-state index is -4.00. The molecule has 1 aromatic heterocycles. The van der Waals surface area contributed by atoms with Crippen LogP contribution < -0.4 is 14.8 Å². The summed E-state index contributed by atoms with van der Waals surface area (Å²) in [6.07, 6.45) is 1.74. The van der Waals surface area contributed by atoms with Crippen molar-refractivity contribution < 1.29 is 22.3 Å². The highest BCUT2D eigenvalue weighted by Gasteiger charge is 2.19. The van der Waals surface area contributed by atoms with Crippen molar-refractivity contribution in [1.82, 2.24) is 4.57 Å². The van der Waals surface area contributed by atoms with Gasteiger partial charge < -0.3 is 14.6 Å². The molecule has 2 N–H and O–H groups in total. The van der Waals surface area contributed by atoms with Crippen molar-refractivity contribution in [3.05, 3.63) is 84.3 Å². The summed E-state index contributed by atoms with van der Waals surface area (Å²) in [5.74, 6) is -0.613. The molecule has 4 aromatic rings. The van der Waals surface area contributed by atoms with Crippen molar-refractivity contribution in [1.29, 1.82) is 0 Å². The Bertz CT molecular complexity index is 1410. The van der Waals surface area contributed by atoms with Crippen LogP contribution in [0.1, 0.15) is 10.4 Å². The quantitative estimate of drug-likeness (QED) is 0.453. The van der Waals surface area contributed by atoms with Gasteiger partial charge in [0.05, 0.1) is 23.3 Å². The van der Waals surface area contributed by atoms with E-state index >= 15 is 0 Å². The van der Waals surface area contributed by atoms with Crippen molar-refractivity contribution in [2.45, 2.75) is 4.90 Å². The van der Waals surface area contributed by atoms with Gasteiger partial charge in [-0.1, -0.05) is 18.2 Å². The van der Waals surface area contributed by atoms with Gasteiger partial charge in [0.2, 0.25) is 0 Å². The van der Waals surface area contributed by atoms with Crippen LogP contribution in [-0.2, 0) is 17.1 Å². The highest BCUT2D eigenvalue weighted by molar-refractivity contribution is 7.92. The third kappa shape index (κ3) is 4.15. The van der Waals surface area contributed by atoms with E-state index in [0.717, 1.165) is 35.2 Å². The number of ether oxygens (including phenoxy) is 1. The molecule has 0 unspecified atom stereocenters. The number of nitrogens with one attached hydrogen (secondary N) is 2. The number of aromatic nitrogens is 1. The molecule has 164 valence electrons. The first kappa shape index (κ1) is 21.4. The number of halogens is 1. The molecule has 1 heterocycles. The van der Waals surface area contributed by atoms with Gasteiger partial charge in [0.15, 0.2) is 0 Å². The van der Waals surface area contributed by atoms with Gasteiger partial charge in [0.25, 0.3) is 15.9 Å². The molecule has 32 heavy (non-hydrogen) atoms. The summed E-state index contributed by atoms with van der Waals surface area (Å²) in [4.78, 5) is 12.8. The Hall–Kier alpha value is -3.85. The molecule has 0 aliphatic rings. The number of benzene rings is 3. The smallest absolute Gasteiger partial charge is 0.262 e. The lowest BCUT2D eigenvalue weighted by atomic mass is 10.1. The number of carbonyl (C=O) groups excluding carboxylic acids is 1. The van der Waals surface area contributed by atoms with E-state index in [2.05, 4.69) is 10.0 Å². The predicted molar refractivity (Wildman–Crippen MR) is 121 cm³/mol. The lowest BCUT2D eigenvalue weighted by Gasteiger charge is -2.14. The molecule has 9 heteroatoms. The number of nitrogens with zero attached hydrogens (tertiary/aromatic N) is 1. The minimum Gasteiger partial charge on any atom is -0.495 e. The molecular weight excluding hydrogens is 433 g/mol. The van der Waals surface area contributed by atoms with Gasteiger partial charge in [-0.25, -0.2) is 12.8 Å². The molecule has 0 aliphatic carbocycles. The van der Waals surface area contributed by atoms with E-state index in [1.165, 1.54) is 13.2 Å². The first-order valence-corrected chi connectivity index (χ1v) is 11.1. The van der Waals surface area contributed by atoms with Crippen molar-refractivity contribution in [2.24, 2.45) is 7.05 Å². The Morgan fingerprint density at radius 3 is 2.47 bits per heavy atom. The molecule has 0 atom stereocenters. The maximum atomic E-state index is 13.2. The number of rotatable bonds is 6. The van der Waals surface area contributed by atoms with Crippen molar-refractivity contribution in [2.75, 3.05) is 17.1 Å². The fraction of sp³-hybridized carbons (Fsp3) is 0.0870. The summed E-state index contributed by atoms with van der Waals surface area (Å²) in [6, 6.07) is 16.6. The van der Waals surface area contributed by atoms with Crippen LogP contribution >= 0.6 is 0 Å². The lowest BCUT2D eigenvalue weighted by Crippen LogP contribution is -2.15. The number of hydrogen-bond acceptors (Lipinski definition) is 4. The van der Waals surface area contributed by atoms with Crippen molar-refractivity contribution >= 4 is 38.2 Å². The van der Waals surface area contributed by atoms with Gasteiger partial charge in [-0.2, -0.15) is 0 Å². The first-order valence-electron chi connectivity index (χ1n) is 9.60. The average Bonchev–Trinajstić information content (AvgIpc) is 3.11. The topological polar surface area (TPSA) is 89.4 Å². The fourth-order valence-electron chi connectivity index (χ4n) is 3.40. The second kappa shape index (κ2) is 8.35. The molecule has 7 nitrogen and oxygen atoms in total. The molecule has 4 rings (SSSR count). The zero-order chi connectivity index (χ0) is 22.9. The number of methoxy groups -OCH3 is 1. The molecule has 0 spiro atoms. The maximum Gasteiger partial charge on any atom is 0.262 e. The maximum absolute atomic E-state index is 13.2. The van der Waals surface area contributed by atoms with E-state index < -0.39 is 15.8 Å². The average molecular weight is 453 g/mol. The first-order chi connectivity index (χ1) is 15.3. The Balaban J connectivity index is 1.63. The van der Waals surface area contributed by atoms with E-state index in [9.17, 15) is 17.6 Å². The molecule has 3 aromatic carbocycles. The molecule has 0 aliphatic heterocycles. The number of hydrogen-bond donors (Lipinski definition) is 2. The van der Waals surface area contributed by atoms with Crippen LogP contribution in [0.2, 0.25) is 0 Å². The third-order valence-electron chi connectivity index (χ3n) is 4.97. The van der Waals surface area contributed by atoms with Gasteiger partial charge in [-0.15, -0.1) is 0 Å². The largest absolute Gasteiger partial charge is 0.495 e. The van der Waals surface area contributed by atoms with Crippen LogP contribution in [0.3, 0.4) is 0 Å². The van der Waals surface area contributed by atoms with Gasteiger partial charge in [-0.05, 0) is 48.5 Å². The number of para-hydroxylation sites is 1. The van der Waals surface area contributed by atoms with Gasteiger partial charge >= 0.3 is 0 Å². The van der Waals surface area contributed by atoms with Gasteiger partial charge in [0, 0.05) is 29.8 Å². The third-order valence-corrected chi connectivity index (χ3v) is 6.35. The summed E-state index contributed by atoms with van der Waals surface area (Å²) >= 11 is 0. The molecule has 0 radical (unpaired) electrons. The van der Waals surface area contributed by atoms with Crippen LogP contribution in [0.5, 0.6) is 5.75 Å². The molecule has 0 saturated carbocycles. The van der Waals surface area contributed by atoms with Crippen LogP contribution in [0.15, 0.2) is 77.8 Å². The number of aryl methyl sites for hydroxylation is 1. The predicted octanol–water partition coefficient (Wildman–Crippen LogP) is 4.38. The number of amides is 1. The van der Waals surface area contributed by atoms with E-state index in [0.29, 0.717) is 11.3 Å². The summed E-state index contributed by atoms with van der Waals surface area (Å²) in [5, 5.41) is 3.60. The lowest BCUT2D eigenvalue weighted by molar-refractivity contribution is 0.102. The van der Waals surface area contributed by atoms with E-state index in [1.807, 2.05) is 35.9 Å². The molecule has 0 bridgehead atoms. The van der Waals surface area contributed by atoms with Crippen LogP contribution in [0.4, 0.5) is 15.8 Å². The summed E-state index contributed by atoms with van der Waals surface area (Å²) < 4.78 is 48.1. The summed E-state index contributed by atoms with van der Waals surface area (Å²) in [7, 11) is -0.740. The summed E-state index contributed by atoms with van der Waals surface area (Å²) in [6.45, 7) is 0. The number of sulfonamides is 1. The van der Waals surface area contributed by atoms with Crippen LogP contribution in [-0.4, -0.2) is 26.0 Å². The standard InChI is InChI=1S/C23H20FN3O4S/c1-27-14-19(18-5-3-4-6-21(18)27)23(28)25-16-9-12-22(31-2)20(13-16)26-32(29,30)17-10-7-15(24)8-11-17/h3-14,26H,1-2H3,(H,25,28). The summed E-state index contributed by atoms with van der Waals surface area (Å²) in [5.41, 5.74) is 1.92. The number of carbonyl (C=O) groups is 1. The Kier molecular flexibility index (Phi) is 5.58.